The summed E-state index contributed by atoms with van der Waals surface area (Å²) in [6.07, 6.45) is -0.504. The molecule has 1 aromatic rings. The van der Waals surface area contributed by atoms with Crippen LogP contribution in [0.3, 0.4) is 0 Å². The fourth-order valence-corrected chi connectivity index (χ4v) is 2.73. The van der Waals surface area contributed by atoms with E-state index in [-0.39, 0.29) is 5.91 Å². The lowest BCUT2D eigenvalue weighted by Gasteiger charge is -2.29. The van der Waals surface area contributed by atoms with Gasteiger partial charge in [-0.05, 0) is 41.1 Å². The molecule has 1 unspecified atom stereocenters. The maximum Gasteiger partial charge on any atom is 0.263 e. The monoisotopic (exact) mass is 346 g/mol. The van der Waals surface area contributed by atoms with Crippen LogP contribution in [0.15, 0.2) is 22.7 Å². The van der Waals surface area contributed by atoms with Crippen LogP contribution in [-0.2, 0) is 4.79 Å². The Labute approximate surface area is 126 Å². The van der Waals surface area contributed by atoms with Crippen molar-refractivity contribution in [2.75, 3.05) is 26.2 Å². The van der Waals surface area contributed by atoms with Gasteiger partial charge in [-0.1, -0.05) is 11.6 Å². The van der Waals surface area contributed by atoms with Crippen LogP contribution in [-0.4, -0.2) is 43.1 Å². The SMILES string of the molecule is CC(Oc1ccc(Cl)cc1Br)C(=O)N1CCNCC1. The summed E-state index contributed by atoms with van der Waals surface area (Å²) < 4.78 is 6.45. The van der Waals surface area contributed by atoms with Crippen molar-refractivity contribution in [2.45, 2.75) is 13.0 Å². The largest absolute Gasteiger partial charge is 0.480 e. The number of hydrogen-bond donors (Lipinski definition) is 1. The first-order valence-corrected chi connectivity index (χ1v) is 7.36. The lowest BCUT2D eigenvalue weighted by atomic mass is 10.3. The number of carbonyl (C=O) groups is 1. The predicted molar refractivity (Wildman–Crippen MR) is 78.7 cm³/mol. The summed E-state index contributed by atoms with van der Waals surface area (Å²) in [6, 6.07) is 5.25. The first-order valence-electron chi connectivity index (χ1n) is 6.19. The third-order valence-electron chi connectivity index (χ3n) is 2.97. The fourth-order valence-electron chi connectivity index (χ4n) is 1.95. The Hall–Kier alpha value is -0.780. The molecule has 1 atom stereocenters. The molecular formula is C13H16BrClN2O2. The van der Waals surface area contributed by atoms with Crippen LogP contribution >= 0.6 is 27.5 Å². The van der Waals surface area contributed by atoms with E-state index in [9.17, 15) is 4.79 Å². The number of amides is 1. The molecule has 0 radical (unpaired) electrons. The number of benzene rings is 1. The second-order valence-electron chi connectivity index (χ2n) is 4.41. The summed E-state index contributed by atoms with van der Waals surface area (Å²) in [7, 11) is 0. The second kappa shape index (κ2) is 6.59. The number of hydrogen-bond acceptors (Lipinski definition) is 3. The number of rotatable bonds is 3. The van der Waals surface area contributed by atoms with Crippen LogP contribution in [0.5, 0.6) is 5.75 Å². The fraction of sp³-hybridized carbons (Fsp3) is 0.462. The van der Waals surface area contributed by atoms with Gasteiger partial charge < -0.3 is 15.0 Å². The summed E-state index contributed by atoms with van der Waals surface area (Å²) in [5.74, 6) is 0.642. The highest BCUT2D eigenvalue weighted by Crippen LogP contribution is 2.28. The minimum absolute atomic E-state index is 0.0170. The summed E-state index contributed by atoms with van der Waals surface area (Å²) >= 11 is 9.25. The molecule has 1 amide bonds. The molecule has 0 saturated carbocycles. The van der Waals surface area contributed by atoms with E-state index in [0.29, 0.717) is 10.8 Å². The Bertz CT molecular complexity index is 464. The van der Waals surface area contributed by atoms with Crippen LogP contribution in [0.1, 0.15) is 6.92 Å². The van der Waals surface area contributed by atoms with Crippen molar-refractivity contribution in [3.8, 4) is 5.75 Å². The summed E-state index contributed by atoms with van der Waals surface area (Å²) in [4.78, 5) is 14.0. The molecule has 1 fully saturated rings. The van der Waals surface area contributed by atoms with Gasteiger partial charge in [-0.15, -0.1) is 0 Å². The molecule has 0 bridgehead atoms. The van der Waals surface area contributed by atoms with Gasteiger partial charge in [-0.25, -0.2) is 0 Å². The molecule has 19 heavy (non-hydrogen) atoms. The standard InChI is InChI=1S/C13H16BrClN2O2/c1-9(13(18)17-6-4-16-5-7-17)19-12-3-2-10(15)8-11(12)14/h2-3,8-9,16H,4-7H2,1H3. The number of halogens is 2. The van der Waals surface area contributed by atoms with Gasteiger partial charge in [0.25, 0.3) is 5.91 Å². The van der Waals surface area contributed by atoms with Crippen LogP contribution < -0.4 is 10.1 Å². The van der Waals surface area contributed by atoms with Crippen molar-refractivity contribution in [2.24, 2.45) is 0 Å². The summed E-state index contributed by atoms with van der Waals surface area (Å²) in [6.45, 7) is 4.90. The predicted octanol–water partition coefficient (Wildman–Crippen LogP) is 2.30. The van der Waals surface area contributed by atoms with Crippen molar-refractivity contribution in [3.63, 3.8) is 0 Å². The molecule has 0 aromatic heterocycles. The minimum Gasteiger partial charge on any atom is -0.480 e. The molecule has 1 N–H and O–H groups in total. The molecule has 104 valence electrons. The molecule has 1 heterocycles. The maximum absolute atomic E-state index is 12.2. The zero-order valence-electron chi connectivity index (χ0n) is 10.7. The highest BCUT2D eigenvalue weighted by atomic mass is 79.9. The van der Waals surface area contributed by atoms with Gasteiger partial charge in [0.05, 0.1) is 4.47 Å². The Morgan fingerprint density at radius 2 is 2.16 bits per heavy atom. The van der Waals surface area contributed by atoms with Crippen molar-refractivity contribution in [1.29, 1.82) is 0 Å². The molecule has 1 aliphatic rings. The Kier molecular flexibility index (Phi) is 5.07. The van der Waals surface area contributed by atoms with Gasteiger partial charge >= 0.3 is 0 Å². The zero-order valence-corrected chi connectivity index (χ0v) is 13.0. The Balaban J connectivity index is 1.99. The van der Waals surface area contributed by atoms with Gasteiger partial charge in [0.2, 0.25) is 0 Å². The molecule has 1 aliphatic heterocycles. The molecule has 2 rings (SSSR count). The maximum atomic E-state index is 12.2. The molecule has 0 spiro atoms. The van der Waals surface area contributed by atoms with E-state index in [1.54, 1.807) is 25.1 Å². The third kappa shape index (κ3) is 3.84. The van der Waals surface area contributed by atoms with Gasteiger partial charge in [0, 0.05) is 31.2 Å². The first kappa shape index (κ1) is 14.6. The highest BCUT2D eigenvalue weighted by molar-refractivity contribution is 9.10. The van der Waals surface area contributed by atoms with E-state index in [0.717, 1.165) is 30.7 Å². The van der Waals surface area contributed by atoms with Crippen molar-refractivity contribution in [1.82, 2.24) is 10.2 Å². The lowest BCUT2D eigenvalue weighted by molar-refractivity contribution is -0.138. The third-order valence-corrected chi connectivity index (χ3v) is 3.83. The van der Waals surface area contributed by atoms with E-state index in [1.807, 2.05) is 4.90 Å². The van der Waals surface area contributed by atoms with Crippen LogP contribution in [0.2, 0.25) is 5.02 Å². The number of piperazine rings is 1. The lowest BCUT2D eigenvalue weighted by Crippen LogP contribution is -2.50. The van der Waals surface area contributed by atoms with E-state index < -0.39 is 6.10 Å². The quantitative estimate of drug-likeness (QED) is 0.912. The average Bonchev–Trinajstić information content (AvgIpc) is 2.42. The van der Waals surface area contributed by atoms with Crippen molar-refractivity contribution in [3.05, 3.63) is 27.7 Å². The Morgan fingerprint density at radius 3 is 2.79 bits per heavy atom. The minimum atomic E-state index is -0.504. The van der Waals surface area contributed by atoms with Crippen LogP contribution in [0, 0.1) is 0 Å². The molecule has 1 aromatic carbocycles. The molecular weight excluding hydrogens is 332 g/mol. The summed E-state index contributed by atoms with van der Waals surface area (Å²) in [5, 5.41) is 3.84. The van der Waals surface area contributed by atoms with Gasteiger partial charge in [-0.2, -0.15) is 0 Å². The van der Waals surface area contributed by atoms with Crippen LogP contribution in [0.25, 0.3) is 0 Å². The number of nitrogens with one attached hydrogen (secondary N) is 1. The molecule has 6 heteroatoms. The van der Waals surface area contributed by atoms with Crippen molar-refractivity contribution < 1.29 is 9.53 Å². The van der Waals surface area contributed by atoms with E-state index in [2.05, 4.69) is 21.2 Å². The zero-order chi connectivity index (χ0) is 13.8. The first-order chi connectivity index (χ1) is 9.08. The van der Waals surface area contributed by atoms with Crippen LogP contribution in [0.4, 0.5) is 0 Å². The van der Waals surface area contributed by atoms with Crippen molar-refractivity contribution >= 4 is 33.4 Å². The topological polar surface area (TPSA) is 41.6 Å². The number of ether oxygens (including phenoxy) is 1. The van der Waals surface area contributed by atoms with E-state index in [1.165, 1.54) is 0 Å². The van der Waals surface area contributed by atoms with Gasteiger partial charge in [0.15, 0.2) is 6.10 Å². The summed E-state index contributed by atoms with van der Waals surface area (Å²) in [5.41, 5.74) is 0. The smallest absolute Gasteiger partial charge is 0.263 e. The molecule has 1 saturated heterocycles. The Morgan fingerprint density at radius 1 is 1.47 bits per heavy atom. The number of carbonyl (C=O) groups excluding carboxylic acids is 1. The van der Waals surface area contributed by atoms with E-state index in [4.69, 9.17) is 16.3 Å². The average molecular weight is 348 g/mol. The van der Waals surface area contributed by atoms with E-state index >= 15 is 0 Å². The van der Waals surface area contributed by atoms with Gasteiger partial charge in [-0.3, -0.25) is 4.79 Å². The molecule has 4 nitrogen and oxygen atoms in total. The highest BCUT2D eigenvalue weighted by Gasteiger charge is 2.23. The molecule has 0 aliphatic carbocycles. The van der Waals surface area contributed by atoms with Gasteiger partial charge in [0.1, 0.15) is 5.75 Å². The second-order valence-corrected chi connectivity index (χ2v) is 5.70. The normalized spacial score (nSPS) is 17.1. The number of nitrogens with zero attached hydrogens (tertiary/aromatic N) is 1.